The minimum absolute atomic E-state index is 0.0411. The molecule has 26 nitrogen and oxygen atoms in total. The van der Waals surface area contributed by atoms with Gasteiger partial charge < -0.3 is 82.2 Å². The molecule has 0 spiro atoms. The predicted octanol–water partition coefficient (Wildman–Crippen LogP) is 6.21. The third kappa shape index (κ3) is 17.3. The van der Waals surface area contributed by atoms with Gasteiger partial charge in [-0.1, -0.05) is 38.2 Å². The van der Waals surface area contributed by atoms with Crippen LogP contribution in [-0.2, 0) is 76.7 Å². The maximum Gasteiger partial charge on any atom is 0.415 e. The maximum absolute atomic E-state index is 13.6. The summed E-state index contributed by atoms with van der Waals surface area (Å²) in [5.41, 5.74) is 3.77. The second-order valence-electron chi connectivity index (χ2n) is 20.9. The maximum atomic E-state index is 13.6. The van der Waals surface area contributed by atoms with Gasteiger partial charge in [0.25, 0.3) is 0 Å². The summed E-state index contributed by atoms with van der Waals surface area (Å²) in [5.74, 6) is -1.93. The van der Waals surface area contributed by atoms with E-state index in [1.54, 1.807) is 40.3 Å². The number of fused-ring (bicyclic) bond motifs is 5. The van der Waals surface area contributed by atoms with Crippen LogP contribution in [0.4, 0.5) is 20.1 Å². The van der Waals surface area contributed by atoms with E-state index < -0.39 is 78.8 Å². The summed E-state index contributed by atoms with van der Waals surface area (Å²) in [6, 6.07) is 14.3. The highest BCUT2D eigenvalue weighted by Gasteiger charge is 2.56. The van der Waals surface area contributed by atoms with Crippen molar-refractivity contribution in [3.05, 3.63) is 65.9 Å². The number of nitrogens with one attached hydrogen (secondary N) is 2. The first-order valence-electron chi connectivity index (χ1n) is 28.4. The topological polar surface area (TPSA) is 285 Å². The largest absolute Gasteiger partial charge is 0.493 e. The minimum atomic E-state index is -1.73. The van der Waals surface area contributed by atoms with Gasteiger partial charge in [0, 0.05) is 87.0 Å². The van der Waals surface area contributed by atoms with Gasteiger partial charge in [0.1, 0.15) is 12.4 Å². The molecule has 0 unspecified atom stereocenters. The fourth-order valence-electron chi connectivity index (χ4n) is 9.86. The van der Waals surface area contributed by atoms with E-state index in [1.807, 2.05) is 24.4 Å². The van der Waals surface area contributed by atoms with E-state index in [9.17, 15) is 38.4 Å². The molecule has 4 amide bonds. The van der Waals surface area contributed by atoms with Crippen molar-refractivity contribution in [1.29, 1.82) is 0 Å². The molecule has 466 valence electrons. The Bertz CT molecular complexity index is 3100. The lowest BCUT2D eigenvalue weighted by Crippen LogP contribution is -2.64. The van der Waals surface area contributed by atoms with Crippen molar-refractivity contribution in [2.24, 2.45) is 0 Å². The SMILES string of the molecule is CNCCN(C)C(=O)OCc1ccc(O[C@@H]2O[C@H](C(=O)OC)[C@@H](OC(C)=O)[C@H](OC(C)=O)[C@H]2OC(C)=O)c(NC(=O)CCCCCCCCCOC(=O)N(C)CCN(C)C(=O)Oc2c(OC)ccc3cc4[n+](cc23)CCc2cc3c(cc2-4)OCO3)c1. The quantitative estimate of drug-likeness (QED) is 0.0290. The summed E-state index contributed by atoms with van der Waals surface area (Å²) in [4.78, 5) is 107. The van der Waals surface area contributed by atoms with Crippen LogP contribution in [0.2, 0.25) is 0 Å². The fraction of sp³-hybridized carbons (Fsp3) is 0.517. The van der Waals surface area contributed by atoms with Gasteiger partial charge in [-0.3, -0.25) is 19.2 Å². The van der Waals surface area contributed by atoms with Crippen molar-refractivity contribution in [3.63, 3.8) is 0 Å². The number of aromatic nitrogens is 1. The monoisotopic (exact) mass is 1200 g/mol. The molecule has 1 fully saturated rings. The zero-order valence-electron chi connectivity index (χ0n) is 50.1. The summed E-state index contributed by atoms with van der Waals surface area (Å²) in [5, 5.41) is 7.36. The Morgan fingerprint density at radius 1 is 0.686 bits per heavy atom. The normalized spacial score (nSPS) is 17.2. The van der Waals surface area contributed by atoms with Gasteiger partial charge in [-0.05, 0) is 72.8 Å². The molecule has 0 aliphatic carbocycles. The first-order chi connectivity index (χ1) is 41.3. The number of hydrogen-bond acceptors (Lipinski definition) is 21. The molecule has 3 aliphatic rings. The van der Waals surface area contributed by atoms with Crippen molar-refractivity contribution in [1.82, 2.24) is 20.0 Å². The Morgan fingerprint density at radius 2 is 1.31 bits per heavy atom. The lowest BCUT2D eigenvalue weighted by molar-refractivity contribution is -0.686. The van der Waals surface area contributed by atoms with Crippen molar-refractivity contribution in [2.45, 2.75) is 122 Å². The molecule has 3 aliphatic heterocycles. The van der Waals surface area contributed by atoms with Crippen molar-refractivity contribution in [3.8, 4) is 40.0 Å². The average Bonchev–Trinajstić information content (AvgIpc) is 1.17. The molecule has 1 aromatic heterocycles. The number of likely N-dealkylation sites (N-methyl/N-ethyl adjacent to an activating group) is 4. The van der Waals surface area contributed by atoms with Crippen LogP contribution in [0.25, 0.3) is 22.0 Å². The molecule has 3 aromatic carbocycles. The van der Waals surface area contributed by atoms with Crippen LogP contribution in [-0.4, -0.2) is 175 Å². The number of methoxy groups -OCH3 is 2. The standard InChI is InChI=1S/C60H76N6O20/c1-36(67)81-52-53(82-37(2)68)55(83-38(3)69)57(85-54(52)56(71)76-9)84-46-20-18-39(34-78-59(73)63(5)25-23-61-4)29-44(46)62-50(70)17-15-13-11-10-12-14-16-28-77-58(72)64(6)26-27-65(7)60(74)86-51-43-33-66-24-22-41-31-48-49(80-35-79-48)32-42(41)45(66)30-40(43)19-21-47(51)75-8/h18-21,29-33,52-55,57,61H,10-17,22-28,34-35H2,1-9H3/p+1/t52-,53-,54-,55+,57+/m0/s1. The summed E-state index contributed by atoms with van der Waals surface area (Å²) in [6.07, 6.45) is -1.89. The number of carbonyl (C=O) groups is 8. The van der Waals surface area contributed by atoms with E-state index in [2.05, 4.69) is 21.3 Å². The van der Waals surface area contributed by atoms with Crippen LogP contribution in [0, 0.1) is 0 Å². The molecular formula is C60H77N6O20+. The highest BCUT2D eigenvalue weighted by molar-refractivity contribution is 5.94. The minimum Gasteiger partial charge on any atom is -0.493 e. The second kappa shape index (κ2) is 30.9. The van der Waals surface area contributed by atoms with Gasteiger partial charge in [0.05, 0.1) is 37.5 Å². The van der Waals surface area contributed by atoms with Crippen LogP contribution in [0.15, 0.2) is 54.7 Å². The Labute approximate surface area is 498 Å². The number of esters is 4. The molecular weight excluding hydrogens is 1120 g/mol. The lowest BCUT2D eigenvalue weighted by atomic mass is 9.95. The molecule has 2 N–H and O–H groups in total. The van der Waals surface area contributed by atoms with E-state index in [4.69, 9.17) is 56.8 Å². The first kappa shape index (κ1) is 64.9. The number of hydrogen-bond donors (Lipinski definition) is 2. The highest BCUT2D eigenvalue weighted by Crippen LogP contribution is 2.42. The zero-order valence-corrected chi connectivity index (χ0v) is 50.1. The molecule has 4 aromatic rings. The van der Waals surface area contributed by atoms with Gasteiger partial charge in [0.2, 0.25) is 30.8 Å². The number of rotatable bonds is 27. The van der Waals surface area contributed by atoms with E-state index in [0.29, 0.717) is 54.9 Å². The zero-order chi connectivity index (χ0) is 62.0. The molecule has 1 saturated heterocycles. The number of aryl methyl sites for hydroxylation is 2. The fourth-order valence-corrected chi connectivity index (χ4v) is 9.86. The Kier molecular flexibility index (Phi) is 23.4. The predicted molar refractivity (Wildman–Crippen MR) is 305 cm³/mol. The Balaban J connectivity index is 0.854. The van der Waals surface area contributed by atoms with E-state index in [1.165, 1.54) is 39.5 Å². The second-order valence-corrected chi connectivity index (χ2v) is 20.9. The molecule has 0 saturated carbocycles. The number of benzene rings is 3. The summed E-state index contributed by atoms with van der Waals surface area (Å²) in [6.45, 7) is 5.40. The van der Waals surface area contributed by atoms with Crippen molar-refractivity contribution < 1.29 is 99.8 Å². The number of unbranched alkanes of at least 4 members (excludes halogenated alkanes) is 6. The molecule has 4 heterocycles. The molecule has 0 radical (unpaired) electrons. The summed E-state index contributed by atoms with van der Waals surface area (Å²) < 4.78 is 69.5. The third-order valence-electron chi connectivity index (χ3n) is 14.4. The summed E-state index contributed by atoms with van der Waals surface area (Å²) >= 11 is 0. The van der Waals surface area contributed by atoms with Gasteiger partial charge in [-0.25, -0.2) is 19.2 Å². The van der Waals surface area contributed by atoms with Gasteiger partial charge in [-0.15, -0.1) is 0 Å². The van der Waals surface area contributed by atoms with Crippen molar-refractivity contribution >= 4 is 64.5 Å². The number of amides is 4. The van der Waals surface area contributed by atoms with Crippen LogP contribution in [0.3, 0.4) is 0 Å². The molecule has 0 bridgehead atoms. The molecule has 5 atom stereocenters. The van der Waals surface area contributed by atoms with Crippen LogP contribution >= 0.6 is 0 Å². The summed E-state index contributed by atoms with van der Waals surface area (Å²) in [7, 11) is 9.11. The van der Waals surface area contributed by atoms with E-state index in [-0.39, 0.29) is 56.7 Å². The molecule has 26 heteroatoms. The van der Waals surface area contributed by atoms with Crippen LogP contribution in [0.5, 0.6) is 28.7 Å². The van der Waals surface area contributed by atoms with Gasteiger partial charge >= 0.3 is 42.2 Å². The number of anilines is 1. The van der Waals surface area contributed by atoms with E-state index >= 15 is 0 Å². The Hall–Kier alpha value is -8.65. The number of carbonyl (C=O) groups excluding carboxylic acids is 8. The number of nitrogens with zero attached hydrogens (tertiary/aromatic N) is 4. The lowest BCUT2D eigenvalue weighted by Gasteiger charge is -2.43. The molecule has 86 heavy (non-hydrogen) atoms. The average molecular weight is 1200 g/mol. The number of ether oxygens (including phenoxy) is 12. The Morgan fingerprint density at radius 3 is 2.00 bits per heavy atom. The van der Waals surface area contributed by atoms with Crippen molar-refractivity contribution in [2.75, 3.05) is 87.3 Å². The van der Waals surface area contributed by atoms with Crippen LogP contribution in [0.1, 0.15) is 83.3 Å². The molecule has 7 rings (SSSR count). The van der Waals surface area contributed by atoms with Gasteiger partial charge in [-0.2, -0.15) is 4.57 Å². The first-order valence-corrected chi connectivity index (χ1v) is 28.4. The van der Waals surface area contributed by atoms with E-state index in [0.717, 1.165) is 88.8 Å². The number of pyridine rings is 1. The highest BCUT2D eigenvalue weighted by atomic mass is 16.7. The van der Waals surface area contributed by atoms with Gasteiger partial charge in [0.15, 0.2) is 54.1 Å². The van der Waals surface area contributed by atoms with Crippen LogP contribution < -0.4 is 38.9 Å². The smallest absolute Gasteiger partial charge is 0.415 e. The third-order valence-corrected chi connectivity index (χ3v) is 14.4.